The lowest BCUT2D eigenvalue weighted by Crippen LogP contribution is -2.43. The van der Waals surface area contributed by atoms with Crippen LogP contribution < -0.4 is 0 Å². The average Bonchev–Trinajstić information content (AvgIpc) is 2.38. The van der Waals surface area contributed by atoms with E-state index in [0.29, 0.717) is 25.2 Å². The first kappa shape index (κ1) is 13.5. The fraction of sp³-hybridized carbons (Fsp3) is 0.429. The number of carbonyl (C=O) groups is 1. The highest BCUT2D eigenvalue weighted by atomic mass is 19.1. The van der Waals surface area contributed by atoms with Gasteiger partial charge in [0.05, 0.1) is 11.3 Å². The molecule has 4 nitrogen and oxygen atoms in total. The summed E-state index contributed by atoms with van der Waals surface area (Å²) >= 11 is 0. The van der Waals surface area contributed by atoms with Gasteiger partial charge in [0.15, 0.2) is 0 Å². The van der Waals surface area contributed by atoms with Crippen molar-refractivity contribution in [1.29, 1.82) is 0 Å². The Hall–Kier alpha value is -1.91. The van der Waals surface area contributed by atoms with Crippen molar-refractivity contribution in [3.8, 4) is 0 Å². The van der Waals surface area contributed by atoms with Gasteiger partial charge in [-0.25, -0.2) is 4.39 Å². The fourth-order valence-corrected chi connectivity index (χ4v) is 2.32. The zero-order valence-electron chi connectivity index (χ0n) is 11.1. The van der Waals surface area contributed by atoms with E-state index in [0.717, 1.165) is 5.56 Å². The Labute approximate surface area is 111 Å². The number of aryl methyl sites for hydroxylation is 1. The van der Waals surface area contributed by atoms with Crippen LogP contribution in [0.15, 0.2) is 23.4 Å². The van der Waals surface area contributed by atoms with Gasteiger partial charge in [-0.15, -0.1) is 0 Å². The summed E-state index contributed by atoms with van der Waals surface area (Å²) < 4.78 is 13.8. The summed E-state index contributed by atoms with van der Waals surface area (Å²) in [6.45, 7) is 4.58. The summed E-state index contributed by atoms with van der Waals surface area (Å²) in [5.41, 5.74) is 1.58. The Balaban J connectivity index is 2.17. The molecule has 102 valence electrons. The molecule has 0 aliphatic carbocycles. The van der Waals surface area contributed by atoms with E-state index in [2.05, 4.69) is 5.16 Å². The summed E-state index contributed by atoms with van der Waals surface area (Å²) in [4.78, 5) is 13.9. The van der Waals surface area contributed by atoms with Crippen LogP contribution in [0.1, 0.15) is 29.3 Å². The zero-order chi connectivity index (χ0) is 14.0. The van der Waals surface area contributed by atoms with E-state index < -0.39 is 5.82 Å². The molecule has 1 heterocycles. The minimum Gasteiger partial charge on any atom is -0.411 e. The maximum atomic E-state index is 13.8. The molecule has 1 aliphatic heterocycles. The highest BCUT2D eigenvalue weighted by Gasteiger charge is 2.27. The van der Waals surface area contributed by atoms with Crippen LogP contribution in [0, 0.1) is 18.7 Å². The van der Waals surface area contributed by atoms with Gasteiger partial charge in [-0.05, 0) is 24.6 Å². The second-order valence-corrected chi connectivity index (χ2v) is 4.98. The van der Waals surface area contributed by atoms with Crippen LogP contribution in [0.4, 0.5) is 4.39 Å². The van der Waals surface area contributed by atoms with Gasteiger partial charge in [-0.2, -0.15) is 0 Å². The molecule has 0 saturated carbocycles. The van der Waals surface area contributed by atoms with E-state index in [-0.39, 0.29) is 17.4 Å². The molecule has 2 rings (SSSR count). The van der Waals surface area contributed by atoms with Crippen LogP contribution in [0.5, 0.6) is 0 Å². The summed E-state index contributed by atoms with van der Waals surface area (Å²) in [5, 5.41) is 12.0. The van der Waals surface area contributed by atoms with Gasteiger partial charge in [0.1, 0.15) is 5.82 Å². The van der Waals surface area contributed by atoms with E-state index in [1.165, 1.54) is 12.1 Å². The Morgan fingerprint density at radius 3 is 2.84 bits per heavy atom. The van der Waals surface area contributed by atoms with Crippen molar-refractivity contribution in [1.82, 2.24) is 4.90 Å². The van der Waals surface area contributed by atoms with Crippen LogP contribution in [-0.4, -0.2) is 34.8 Å². The van der Waals surface area contributed by atoms with E-state index in [9.17, 15) is 9.18 Å². The number of piperidine rings is 1. The van der Waals surface area contributed by atoms with Crippen LogP contribution >= 0.6 is 0 Å². The number of amides is 1. The number of nitrogens with zero attached hydrogens (tertiary/aromatic N) is 2. The smallest absolute Gasteiger partial charge is 0.256 e. The molecule has 0 bridgehead atoms. The largest absolute Gasteiger partial charge is 0.411 e. The number of carbonyl (C=O) groups excluding carboxylic acids is 1. The van der Waals surface area contributed by atoms with Crippen molar-refractivity contribution in [3.05, 3.63) is 35.1 Å². The van der Waals surface area contributed by atoms with Gasteiger partial charge < -0.3 is 10.1 Å². The first-order valence-corrected chi connectivity index (χ1v) is 6.29. The van der Waals surface area contributed by atoms with Crippen molar-refractivity contribution < 1.29 is 14.4 Å². The summed E-state index contributed by atoms with van der Waals surface area (Å²) in [6.07, 6.45) is 0.525. The minimum atomic E-state index is -0.487. The van der Waals surface area contributed by atoms with Gasteiger partial charge in [0.2, 0.25) is 0 Å². The average molecular weight is 264 g/mol. The quantitative estimate of drug-likeness (QED) is 0.625. The number of halogens is 1. The molecule has 19 heavy (non-hydrogen) atoms. The molecule has 1 aromatic carbocycles. The maximum Gasteiger partial charge on any atom is 0.256 e. The normalized spacial score (nSPS) is 21.7. The molecule has 1 unspecified atom stereocenters. The van der Waals surface area contributed by atoms with Crippen molar-refractivity contribution >= 4 is 11.6 Å². The Kier molecular flexibility index (Phi) is 3.83. The molecule has 1 aliphatic rings. The Bertz CT molecular complexity index is 528. The first-order valence-electron chi connectivity index (χ1n) is 6.29. The molecule has 0 radical (unpaired) electrons. The maximum absolute atomic E-state index is 13.8. The topological polar surface area (TPSA) is 52.9 Å². The molecule has 1 aromatic rings. The highest BCUT2D eigenvalue weighted by molar-refractivity contribution is 5.96. The number of hydrogen-bond donors (Lipinski definition) is 1. The number of rotatable bonds is 1. The number of oxime groups is 1. The lowest BCUT2D eigenvalue weighted by Gasteiger charge is -2.31. The molecule has 1 atom stereocenters. The molecule has 0 spiro atoms. The summed E-state index contributed by atoms with van der Waals surface area (Å²) in [6, 6.07) is 4.61. The van der Waals surface area contributed by atoms with Crippen LogP contribution in [0.3, 0.4) is 0 Å². The van der Waals surface area contributed by atoms with Crippen LogP contribution in [0.2, 0.25) is 0 Å². The van der Waals surface area contributed by atoms with Crippen molar-refractivity contribution in [3.63, 3.8) is 0 Å². The van der Waals surface area contributed by atoms with Gasteiger partial charge >= 0.3 is 0 Å². The molecule has 1 amide bonds. The van der Waals surface area contributed by atoms with Gasteiger partial charge in [0, 0.05) is 25.4 Å². The van der Waals surface area contributed by atoms with E-state index >= 15 is 0 Å². The van der Waals surface area contributed by atoms with Gasteiger partial charge in [-0.3, -0.25) is 4.79 Å². The number of likely N-dealkylation sites (tertiary alicyclic amines) is 1. The molecular formula is C14H17FN2O2. The SMILES string of the molecule is Cc1ccc(C(=O)N2CC/C(=N\O)C(C)C2)c(F)c1. The van der Waals surface area contributed by atoms with Crippen molar-refractivity contribution in [2.75, 3.05) is 13.1 Å². The predicted molar refractivity (Wildman–Crippen MR) is 70.0 cm³/mol. The third kappa shape index (κ3) is 2.75. The molecule has 1 fully saturated rings. The monoisotopic (exact) mass is 264 g/mol. The molecule has 5 heteroatoms. The lowest BCUT2D eigenvalue weighted by atomic mass is 9.97. The third-order valence-electron chi connectivity index (χ3n) is 3.47. The first-order chi connectivity index (χ1) is 9.02. The molecule has 0 aromatic heterocycles. The molecule has 1 saturated heterocycles. The second-order valence-electron chi connectivity index (χ2n) is 4.98. The van der Waals surface area contributed by atoms with Crippen LogP contribution in [-0.2, 0) is 0 Å². The number of hydrogen-bond acceptors (Lipinski definition) is 3. The predicted octanol–water partition coefficient (Wildman–Crippen LogP) is 2.45. The summed E-state index contributed by atoms with van der Waals surface area (Å²) in [5.74, 6) is -0.795. The highest BCUT2D eigenvalue weighted by Crippen LogP contribution is 2.18. The summed E-state index contributed by atoms with van der Waals surface area (Å²) in [7, 11) is 0. The molecule has 1 N–H and O–H groups in total. The zero-order valence-corrected chi connectivity index (χ0v) is 11.1. The van der Waals surface area contributed by atoms with Gasteiger partial charge in [-0.1, -0.05) is 18.1 Å². The van der Waals surface area contributed by atoms with E-state index in [1.54, 1.807) is 17.9 Å². The van der Waals surface area contributed by atoms with Crippen LogP contribution in [0.25, 0.3) is 0 Å². The molecular weight excluding hydrogens is 247 g/mol. The third-order valence-corrected chi connectivity index (χ3v) is 3.47. The second kappa shape index (κ2) is 5.38. The minimum absolute atomic E-state index is 0.00351. The fourth-order valence-electron chi connectivity index (χ4n) is 2.32. The van der Waals surface area contributed by atoms with Gasteiger partial charge in [0.25, 0.3) is 5.91 Å². The number of benzene rings is 1. The Morgan fingerprint density at radius 2 is 2.26 bits per heavy atom. The van der Waals surface area contributed by atoms with E-state index in [4.69, 9.17) is 5.21 Å². The van der Waals surface area contributed by atoms with E-state index in [1.807, 2.05) is 6.92 Å². The van der Waals surface area contributed by atoms with Crippen molar-refractivity contribution in [2.24, 2.45) is 11.1 Å². The lowest BCUT2D eigenvalue weighted by molar-refractivity contribution is 0.0729. The standard InChI is InChI=1S/C14H17FN2O2/c1-9-3-4-11(12(15)7-9)14(18)17-6-5-13(16-19)10(2)8-17/h3-4,7,10,19H,5-6,8H2,1-2H3/b16-13+. The van der Waals surface area contributed by atoms with Crippen molar-refractivity contribution in [2.45, 2.75) is 20.3 Å². The Morgan fingerprint density at radius 1 is 1.53 bits per heavy atom.